The molecule has 1 amide bonds. The van der Waals surface area contributed by atoms with E-state index in [1.165, 1.54) is 19.1 Å². The van der Waals surface area contributed by atoms with Crippen LogP contribution >= 0.6 is 23.2 Å². The van der Waals surface area contributed by atoms with Crippen molar-refractivity contribution in [2.45, 2.75) is 12.5 Å². The lowest BCUT2D eigenvalue weighted by atomic mass is 9.90. The van der Waals surface area contributed by atoms with Gasteiger partial charge in [0.15, 0.2) is 12.1 Å². The van der Waals surface area contributed by atoms with Gasteiger partial charge in [-0.05, 0) is 43.3 Å². The molecule has 140 valence electrons. The Balaban J connectivity index is 2.55. The van der Waals surface area contributed by atoms with Gasteiger partial charge in [-0.3, -0.25) is 4.79 Å². The molecule has 2 aromatic carbocycles. The maximum atomic E-state index is 12.1. The number of primary amides is 1. The smallest absolute Gasteiger partial charge is 0.333 e. The number of anilines is 1. The van der Waals surface area contributed by atoms with E-state index in [1.807, 2.05) is 6.07 Å². The van der Waals surface area contributed by atoms with Gasteiger partial charge in [0, 0.05) is 16.3 Å². The number of amides is 1. The number of rotatable bonds is 7. The Morgan fingerprint density at radius 1 is 1.30 bits per heavy atom. The second-order valence-corrected chi connectivity index (χ2v) is 6.61. The maximum absolute atomic E-state index is 12.1. The van der Waals surface area contributed by atoms with Crippen molar-refractivity contribution in [3.05, 3.63) is 57.6 Å². The van der Waals surface area contributed by atoms with E-state index < -0.39 is 24.0 Å². The van der Waals surface area contributed by atoms with Crippen LogP contribution in [-0.2, 0) is 15.1 Å². The van der Waals surface area contributed by atoms with Crippen LogP contribution in [0.1, 0.15) is 18.1 Å². The Hall–Kier alpha value is -2.95. The second-order valence-electron chi connectivity index (χ2n) is 5.76. The summed E-state index contributed by atoms with van der Waals surface area (Å²) in [4.78, 5) is 23.2. The average molecular weight is 408 g/mol. The molecule has 0 heterocycles. The summed E-state index contributed by atoms with van der Waals surface area (Å²) < 4.78 is 5.34. The standard InChI is InChI=1S/C18H15Cl2N3O4/c1-18(17(25)26,23-12-4-2-10(8-21)3-5-12)13-6-11(19)7-14(20)16(13)27-9-15(22)24/h2-7,23H,9H2,1H3,(H2,22,24)(H,25,26). The fourth-order valence-corrected chi connectivity index (χ4v) is 2.92. The fourth-order valence-electron chi connectivity index (χ4n) is 2.37. The number of aliphatic carboxylic acids is 1. The highest BCUT2D eigenvalue weighted by Crippen LogP contribution is 2.40. The molecule has 0 aromatic heterocycles. The molecule has 2 rings (SSSR count). The summed E-state index contributed by atoms with van der Waals surface area (Å²) in [5.41, 5.74) is 4.36. The van der Waals surface area contributed by atoms with Crippen LogP contribution < -0.4 is 15.8 Å². The summed E-state index contributed by atoms with van der Waals surface area (Å²) in [6.45, 7) is 0.910. The minimum Gasteiger partial charge on any atom is -0.482 e. The number of nitrogens with one attached hydrogen (secondary N) is 1. The quantitative estimate of drug-likeness (QED) is 0.646. The Morgan fingerprint density at radius 2 is 1.93 bits per heavy atom. The SMILES string of the molecule is CC(Nc1ccc(C#N)cc1)(C(=O)O)c1cc(Cl)cc(Cl)c1OCC(N)=O. The topological polar surface area (TPSA) is 125 Å². The molecule has 2 aromatic rings. The van der Waals surface area contributed by atoms with Crippen LogP contribution in [0.4, 0.5) is 5.69 Å². The first kappa shape index (κ1) is 20.4. The second kappa shape index (κ2) is 8.16. The predicted molar refractivity (Wildman–Crippen MR) is 101 cm³/mol. The van der Waals surface area contributed by atoms with E-state index >= 15 is 0 Å². The first-order valence-corrected chi connectivity index (χ1v) is 8.35. The first-order chi connectivity index (χ1) is 12.7. The highest BCUT2D eigenvalue weighted by molar-refractivity contribution is 6.35. The van der Waals surface area contributed by atoms with Gasteiger partial charge in [-0.25, -0.2) is 4.79 Å². The predicted octanol–water partition coefficient (Wildman–Crippen LogP) is 3.14. The molecule has 0 bridgehead atoms. The molecule has 0 aliphatic carbocycles. The first-order valence-electron chi connectivity index (χ1n) is 7.59. The molecule has 27 heavy (non-hydrogen) atoms. The van der Waals surface area contributed by atoms with Crippen molar-refractivity contribution in [1.29, 1.82) is 5.26 Å². The van der Waals surface area contributed by atoms with E-state index in [2.05, 4.69) is 5.32 Å². The molecule has 1 unspecified atom stereocenters. The number of hydrogen-bond acceptors (Lipinski definition) is 5. The van der Waals surface area contributed by atoms with Crippen LogP contribution in [0, 0.1) is 11.3 Å². The van der Waals surface area contributed by atoms with Gasteiger partial charge in [-0.1, -0.05) is 23.2 Å². The molecule has 0 saturated carbocycles. The zero-order valence-corrected chi connectivity index (χ0v) is 15.6. The average Bonchev–Trinajstić information content (AvgIpc) is 2.60. The number of benzene rings is 2. The van der Waals surface area contributed by atoms with Crippen molar-refractivity contribution in [3.63, 3.8) is 0 Å². The number of carbonyl (C=O) groups excluding carboxylic acids is 1. The van der Waals surface area contributed by atoms with Crippen molar-refractivity contribution in [2.75, 3.05) is 11.9 Å². The number of nitriles is 1. The van der Waals surface area contributed by atoms with Crippen molar-refractivity contribution >= 4 is 40.8 Å². The Morgan fingerprint density at radius 3 is 2.44 bits per heavy atom. The Bertz CT molecular complexity index is 925. The summed E-state index contributed by atoms with van der Waals surface area (Å²) in [6.07, 6.45) is 0. The molecule has 7 nitrogen and oxygen atoms in total. The summed E-state index contributed by atoms with van der Waals surface area (Å²) in [6, 6.07) is 10.9. The number of carboxylic acid groups (broad SMARTS) is 1. The lowest BCUT2D eigenvalue weighted by molar-refractivity contribution is -0.142. The number of halogens is 2. The monoisotopic (exact) mass is 407 g/mol. The summed E-state index contributed by atoms with van der Waals surface area (Å²) >= 11 is 12.2. The van der Waals surface area contributed by atoms with Crippen molar-refractivity contribution < 1.29 is 19.4 Å². The largest absolute Gasteiger partial charge is 0.482 e. The van der Waals surface area contributed by atoms with Crippen LogP contribution in [0.2, 0.25) is 10.0 Å². The van der Waals surface area contributed by atoms with Crippen molar-refractivity contribution in [1.82, 2.24) is 0 Å². The lowest BCUT2D eigenvalue weighted by Gasteiger charge is -2.30. The van der Waals surface area contributed by atoms with Gasteiger partial charge in [-0.2, -0.15) is 5.26 Å². The number of carboxylic acids is 1. The van der Waals surface area contributed by atoms with E-state index in [1.54, 1.807) is 24.3 Å². The van der Waals surface area contributed by atoms with E-state index in [0.717, 1.165) is 0 Å². The van der Waals surface area contributed by atoms with Gasteiger partial charge in [0.2, 0.25) is 0 Å². The number of hydrogen-bond donors (Lipinski definition) is 3. The maximum Gasteiger partial charge on any atom is 0.333 e. The van der Waals surface area contributed by atoms with Crippen LogP contribution in [0.3, 0.4) is 0 Å². The van der Waals surface area contributed by atoms with E-state index in [0.29, 0.717) is 11.3 Å². The van der Waals surface area contributed by atoms with Crippen LogP contribution in [0.5, 0.6) is 5.75 Å². The molecule has 0 spiro atoms. The third-order valence-electron chi connectivity index (χ3n) is 3.74. The number of ether oxygens (including phenoxy) is 1. The van der Waals surface area contributed by atoms with E-state index in [9.17, 15) is 14.7 Å². The molecule has 0 saturated heterocycles. The summed E-state index contributed by atoms with van der Waals surface area (Å²) in [5, 5.41) is 21.9. The minimum atomic E-state index is -1.71. The Kier molecular flexibility index (Phi) is 6.16. The normalized spacial score (nSPS) is 12.5. The molecule has 0 aliphatic heterocycles. The molecule has 0 radical (unpaired) electrons. The zero-order valence-electron chi connectivity index (χ0n) is 14.1. The zero-order chi connectivity index (χ0) is 20.2. The van der Waals surface area contributed by atoms with Gasteiger partial charge in [0.1, 0.15) is 5.75 Å². The molecule has 9 heteroatoms. The molecular formula is C18H15Cl2N3O4. The van der Waals surface area contributed by atoms with Gasteiger partial charge < -0.3 is 20.9 Å². The molecular weight excluding hydrogens is 393 g/mol. The third-order valence-corrected chi connectivity index (χ3v) is 4.24. The molecule has 1 atom stereocenters. The summed E-state index contributed by atoms with van der Waals surface area (Å²) in [7, 11) is 0. The van der Waals surface area contributed by atoms with Crippen molar-refractivity contribution in [3.8, 4) is 11.8 Å². The van der Waals surface area contributed by atoms with Gasteiger partial charge in [-0.15, -0.1) is 0 Å². The van der Waals surface area contributed by atoms with Crippen LogP contribution in [-0.4, -0.2) is 23.6 Å². The molecule has 0 aliphatic rings. The lowest BCUT2D eigenvalue weighted by Crippen LogP contribution is -2.41. The summed E-state index contributed by atoms with van der Waals surface area (Å²) in [5.74, 6) is -2.01. The van der Waals surface area contributed by atoms with Crippen LogP contribution in [0.25, 0.3) is 0 Å². The van der Waals surface area contributed by atoms with Gasteiger partial charge in [0.25, 0.3) is 5.91 Å². The van der Waals surface area contributed by atoms with E-state index in [4.69, 9.17) is 38.9 Å². The highest BCUT2D eigenvalue weighted by Gasteiger charge is 2.39. The fraction of sp³-hybridized carbons (Fsp3) is 0.167. The van der Waals surface area contributed by atoms with Crippen molar-refractivity contribution in [2.24, 2.45) is 5.73 Å². The van der Waals surface area contributed by atoms with Gasteiger partial charge in [0.05, 0.1) is 16.7 Å². The third kappa shape index (κ3) is 4.61. The molecule has 4 N–H and O–H groups in total. The van der Waals surface area contributed by atoms with E-state index in [-0.39, 0.29) is 21.4 Å². The van der Waals surface area contributed by atoms with Crippen LogP contribution in [0.15, 0.2) is 36.4 Å². The highest BCUT2D eigenvalue weighted by atomic mass is 35.5. The number of nitrogens with zero attached hydrogens (tertiary/aromatic N) is 1. The molecule has 0 fully saturated rings. The number of nitrogens with two attached hydrogens (primary N) is 1. The Labute approximate surface area is 165 Å². The minimum absolute atomic E-state index is 0.0223. The number of carbonyl (C=O) groups is 2. The van der Waals surface area contributed by atoms with Gasteiger partial charge >= 0.3 is 5.97 Å².